The summed E-state index contributed by atoms with van der Waals surface area (Å²) in [5, 5.41) is 63.3. The smallest absolute Gasteiger partial charge is 0.171 e. The molecule has 0 aliphatic carbocycles. The summed E-state index contributed by atoms with van der Waals surface area (Å²) in [6, 6.07) is 3.58. The molecule has 0 bridgehead atoms. The molecule has 128 valence electrons. The van der Waals surface area contributed by atoms with E-state index in [1.165, 1.54) is 19.4 Å². The van der Waals surface area contributed by atoms with Crippen molar-refractivity contribution in [3.8, 4) is 11.5 Å². The first-order valence-corrected chi connectivity index (χ1v) is 6.93. The van der Waals surface area contributed by atoms with Crippen LogP contribution in [0.15, 0.2) is 23.3 Å². The highest BCUT2D eigenvalue weighted by Gasteiger charge is 2.46. The zero-order valence-corrected chi connectivity index (χ0v) is 12.4. The normalized spacial score (nSPS) is 31.6. The Morgan fingerprint density at radius 1 is 1.17 bits per heavy atom. The van der Waals surface area contributed by atoms with E-state index in [-0.39, 0.29) is 17.1 Å². The van der Waals surface area contributed by atoms with E-state index < -0.39 is 37.2 Å². The quantitative estimate of drug-likeness (QED) is 0.342. The van der Waals surface area contributed by atoms with Crippen molar-refractivity contribution < 1.29 is 35.4 Å². The molecule has 1 aromatic rings. The van der Waals surface area contributed by atoms with Crippen LogP contribution in [0.5, 0.6) is 11.5 Å². The van der Waals surface area contributed by atoms with Gasteiger partial charge in [-0.15, -0.1) is 0 Å². The number of phenols is 1. The number of methoxy groups -OCH3 is 1. The Morgan fingerprint density at radius 3 is 2.48 bits per heavy atom. The van der Waals surface area contributed by atoms with Crippen molar-refractivity contribution in [2.24, 2.45) is 5.10 Å². The summed E-state index contributed by atoms with van der Waals surface area (Å²) in [4.78, 5) is 0. The number of benzene rings is 1. The maximum absolute atomic E-state index is 9.97. The van der Waals surface area contributed by atoms with E-state index in [4.69, 9.17) is 4.74 Å². The Hall–Kier alpha value is -1.91. The molecule has 1 heterocycles. The van der Waals surface area contributed by atoms with E-state index in [1.807, 2.05) is 0 Å². The third kappa shape index (κ3) is 3.23. The standard InChI is InChI=1S/C14H20N2O7/c1-23-9-4-2-3-7(10(9)18)5-15-16-8(6-17)11(19)12(20)13(21)14(16)22/h2-5,8,11-14,17-22H,6H2,1H3/b15-5+/t8-,11-,12+,13-,14?/m1/s1. The molecule has 0 saturated carbocycles. The summed E-state index contributed by atoms with van der Waals surface area (Å²) in [5.74, 6) is 0.0503. The van der Waals surface area contributed by atoms with E-state index in [0.717, 1.165) is 5.01 Å². The molecule has 0 aromatic heterocycles. The molecule has 0 spiro atoms. The average molecular weight is 328 g/mol. The summed E-state index contributed by atoms with van der Waals surface area (Å²) in [6.45, 7) is -0.608. The lowest BCUT2D eigenvalue weighted by atomic mass is 9.94. The van der Waals surface area contributed by atoms with Crippen LogP contribution < -0.4 is 4.74 Å². The second kappa shape index (κ2) is 7.11. The van der Waals surface area contributed by atoms with Gasteiger partial charge in [-0.3, -0.25) is 5.01 Å². The zero-order valence-electron chi connectivity index (χ0n) is 12.4. The van der Waals surface area contributed by atoms with E-state index in [1.54, 1.807) is 12.1 Å². The van der Waals surface area contributed by atoms with Gasteiger partial charge in [-0.25, -0.2) is 0 Å². The van der Waals surface area contributed by atoms with Crippen molar-refractivity contribution >= 4 is 6.21 Å². The molecule has 2 rings (SSSR count). The lowest BCUT2D eigenvalue weighted by Gasteiger charge is -2.44. The number of aliphatic hydroxyl groups excluding tert-OH is 5. The van der Waals surface area contributed by atoms with Gasteiger partial charge >= 0.3 is 0 Å². The van der Waals surface area contributed by atoms with Crippen molar-refractivity contribution in [2.45, 2.75) is 30.6 Å². The van der Waals surface area contributed by atoms with Crippen molar-refractivity contribution in [1.29, 1.82) is 0 Å². The third-order valence-electron chi connectivity index (χ3n) is 3.78. The SMILES string of the molecule is COc1cccc(/C=N/N2C(O)[C@H](O)[C@@H](O)[C@H](O)[C@H]2CO)c1O. The van der Waals surface area contributed by atoms with Crippen LogP contribution in [-0.2, 0) is 0 Å². The van der Waals surface area contributed by atoms with Gasteiger partial charge in [0.25, 0.3) is 0 Å². The molecule has 1 fully saturated rings. The lowest BCUT2D eigenvalue weighted by molar-refractivity contribution is -0.222. The first-order valence-electron chi connectivity index (χ1n) is 6.93. The predicted octanol–water partition coefficient (Wildman–Crippen LogP) is -2.19. The Balaban J connectivity index is 2.29. The molecule has 6 N–H and O–H groups in total. The van der Waals surface area contributed by atoms with Gasteiger partial charge in [-0.2, -0.15) is 5.10 Å². The number of piperidine rings is 1. The van der Waals surface area contributed by atoms with Gasteiger partial charge in [-0.1, -0.05) is 6.07 Å². The third-order valence-corrected chi connectivity index (χ3v) is 3.78. The minimum absolute atomic E-state index is 0.174. The fourth-order valence-electron chi connectivity index (χ4n) is 2.40. The molecule has 0 radical (unpaired) electrons. The molecule has 5 atom stereocenters. The predicted molar refractivity (Wildman–Crippen MR) is 79.0 cm³/mol. The topological polar surface area (TPSA) is 146 Å². The van der Waals surface area contributed by atoms with Crippen LogP contribution in [-0.4, -0.2) is 86.2 Å². The van der Waals surface area contributed by atoms with Gasteiger partial charge in [0.15, 0.2) is 17.7 Å². The minimum Gasteiger partial charge on any atom is -0.504 e. The maximum Gasteiger partial charge on any atom is 0.171 e. The van der Waals surface area contributed by atoms with Gasteiger partial charge in [0.1, 0.15) is 24.4 Å². The lowest BCUT2D eigenvalue weighted by Crippen LogP contribution is -2.65. The molecule has 1 unspecified atom stereocenters. The van der Waals surface area contributed by atoms with E-state index in [2.05, 4.69) is 5.10 Å². The van der Waals surface area contributed by atoms with Crippen molar-refractivity contribution in [1.82, 2.24) is 5.01 Å². The Bertz CT molecular complexity index is 568. The molecule has 1 aromatic carbocycles. The number of ether oxygens (including phenoxy) is 1. The first-order chi connectivity index (χ1) is 10.9. The van der Waals surface area contributed by atoms with Crippen molar-refractivity contribution in [2.75, 3.05) is 13.7 Å². The number of hydrazone groups is 1. The number of hydrogen-bond acceptors (Lipinski definition) is 9. The minimum atomic E-state index is -1.66. The fourth-order valence-corrected chi connectivity index (χ4v) is 2.40. The number of rotatable bonds is 4. The Morgan fingerprint density at radius 2 is 1.87 bits per heavy atom. The van der Waals surface area contributed by atoms with Gasteiger partial charge in [-0.05, 0) is 12.1 Å². The maximum atomic E-state index is 9.97. The summed E-state index contributed by atoms with van der Waals surface area (Å²) >= 11 is 0. The van der Waals surface area contributed by atoms with Crippen LogP contribution in [0.25, 0.3) is 0 Å². The van der Waals surface area contributed by atoms with E-state index in [0.29, 0.717) is 0 Å². The number of aliphatic hydroxyl groups is 5. The second-order valence-electron chi connectivity index (χ2n) is 5.16. The average Bonchev–Trinajstić information content (AvgIpc) is 2.56. The van der Waals surface area contributed by atoms with Gasteiger partial charge in [0, 0.05) is 5.56 Å². The van der Waals surface area contributed by atoms with Crippen LogP contribution in [0.3, 0.4) is 0 Å². The van der Waals surface area contributed by atoms with Crippen LogP contribution >= 0.6 is 0 Å². The van der Waals surface area contributed by atoms with Gasteiger partial charge < -0.3 is 35.4 Å². The summed E-state index contributed by atoms with van der Waals surface area (Å²) in [6.07, 6.45) is -5.23. The largest absolute Gasteiger partial charge is 0.504 e. The highest BCUT2D eigenvalue weighted by atomic mass is 16.5. The highest BCUT2D eigenvalue weighted by Crippen LogP contribution is 2.29. The van der Waals surface area contributed by atoms with Crippen LogP contribution in [0.1, 0.15) is 5.56 Å². The first kappa shape index (κ1) is 17.4. The fraction of sp³-hybridized carbons (Fsp3) is 0.500. The summed E-state index contributed by atoms with van der Waals surface area (Å²) in [7, 11) is 1.39. The highest BCUT2D eigenvalue weighted by molar-refractivity contribution is 5.84. The second-order valence-corrected chi connectivity index (χ2v) is 5.16. The monoisotopic (exact) mass is 328 g/mol. The molecule has 1 saturated heterocycles. The van der Waals surface area contributed by atoms with Crippen LogP contribution in [0.4, 0.5) is 0 Å². The number of hydrogen-bond donors (Lipinski definition) is 6. The zero-order chi connectivity index (χ0) is 17.1. The number of para-hydroxylation sites is 1. The van der Waals surface area contributed by atoms with E-state index in [9.17, 15) is 30.6 Å². The molecule has 0 amide bonds. The summed E-state index contributed by atoms with van der Waals surface area (Å²) in [5.41, 5.74) is 0.267. The van der Waals surface area contributed by atoms with Gasteiger partial charge in [0.05, 0.1) is 19.9 Å². The van der Waals surface area contributed by atoms with Crippen molar-refractivity contribution in [3.63, 3.8) is 0 Å². The molecule has 1 aliphatic rings. The molecule has 9 heteroatoms. The molecular formula is C14H20N2O7. The number of aromatic hydroxyl groups is 1. The molecule has 1 aliphatic heterocycles. The summed E-state index contributed by atoms with van der Waals surface area (Å²) < 4.78 is 4.96. The Kier molecular flexibility index (Phi) is 5.39. The number of phenolic OH excluding ortho intramolecular Hbond substituents is 1. The van der Waals surface area contributed by atoms with Crippen LogP contribution in [0, 0.1) is 0 Å². The Labute approximate surface area is 132 Å². The van der Waals surface area contributed by atoms with E-state index >= 15 is 0 Å². The number of nitrogens with zero attached hydrogens (tertiary/aromatic N) is 2. The molecule has 23 heavy (non-hydrogen) atoms. The molecule has 9 nitrogen and oxygen atoms in total. The van der Waals surface area contributed by atoms with Crippen LogP contribution in [0.2, 0.25) is 0 Å². The molecular weight excluding hydrogens is 308 g/mol. The van der Waals surface area contributed by atoms with Gasteiger partial charge in [0.2, 0.25) is 0 Å². The van der Waals surface area contributed by atoms with Crippen molar-refractivity contribution in [3.05, 3.63) is 23.8 Å².